The van der Waals surface area contributed by atoms with Crippen molar-refractivity contribution in [3.63, 3.8) is 0 Å². The highest BCUT2D eigenvalue weighted by Crippen LogP contribution is 2.59. The monoisotopic (exact) mass is 572 g/mol. The van der Waals surface area contributed by atoms with Gasteiger partial charge in [0.15, 0.2) is 0 Å². The number of nitrogens with zero attached hydrogens (tertiary/aromatic N) is 1. The molecular weight excluding hydrogens is 552 g/mol. The van der Waals surface area contributed by atoms with Crippen LogP contribution in [0.4, 0.5) is 23.2 Å². The second-order valence-corrected chi connectivity index (χ2v) is 9.81. The number of allylic oxidation sites excluding steroid dienone is 3. The number of hydrogen-bond acceptors (Lipinski definition) is 5. The molecule has 0 aromatic heterocycles. The summed E-state index contributed by atoms with van der Waals surface area (Å²) in [5, 5.41) is 12.1. The Morgan fingerprint density at radius 2 is 1.75 bits per heavy atom. The SMILES string of the molecule is C=CC1=CC[C@H]2C(=O)N(Nc3ccc(F)cc3)C(=O)[C@@]2(c2ccc(Cl)cc2)[C@H]1c1cc(OC(F)(F)F)ccc1O. The first-order chi connectivity index (χ1) is 19.0. The number of fused-ring (bicyclic) bond motifs is 1. The van der Waals surface area contributed by atoms with Crippen LogP contribution in [-0.2, 0) is 15.0 Å². The van der Waals surface area contributed by atoms with Gasteiger partial charge in [0.1, 0.15) is 17.3 Å². The van der Waals surface area contributed by atoms with E-state index in [2.05, 4.69) is 16.7 Å². The Morgan fingerprint density at radius 1 is 1.07 bits per heavy atom. The summed E-state index contributed by atoms with van der Waals surface area (Å²) in [5.74, 6) is -5.08. The Morgan fingerprint density at radius 3 is 2.38 bits per heavy atom. The van der Waals surface area contributed by atoms with Crippen LogP contribution in [-0.4, -0.2) is 28.3 Å². The van der Waals surface area contributed by atoms with Crippen molar-refractivity contribution in [3.8, 4) is 11.5 Å². The zero-order valence-electron chi connectivity index (χ0n) is 20.6. The van der Waals surface area contributed by atoms with Crippen molar-refractivity contribution in [2.45, 2.75) is 24.1 Å². The number of halogens is 5. The lowest BCUT2D eigenvalue weighted by Gasteiger charge is -2.43. The molecule has 11 heteroatoms. The average molecular weight is 573 g/mol. The van der Waals surface area contributed by atoms with Gasteiger partial charge in [-0.15, -0.1) is 13.2 Å². The van der Waals surface area contributed by atoms with Gasteiger partial charge in [0, 0.05) is 16.5 Å². The number of amides is 2. The summed E-state index contributed by atoms with van der Waals surface area (Å²) in [4.78, 5) is 28.3. The number of carbonyl (C=O) groups excluding carboxylic acids is 2. The van der Waals surface area contributed by atoms with Crippen LogP contribution < -0.4 is 10.2 Å². The number of ether oxygens (including phenoxy) is 1. The second kappa shape index (κ2) is 10.0. The molecule has 6 nitrogen and oxygen atoms in total. The molecule has 3 aromatic rings. The van der Waals surface area contributed by atoms with E-state index in [-0.39, 0.29) is 17.7 Å². The van der Waals surface area contributed by atoms with Crippen LogP contribution in [0.25, 0.3) is 0 Å². The summed E-state index contributed by atoms with van der Waals surface area (Å²) >= 11 is 6.13. The van der Waals surface area contributed by atoms with E-state index in [1.54, 1.807) is 18.2 Å². The first-order valence-corrected chi connectivity index (χ1v) is 12.4. The average Bonchev–Trinajstić information content (AvgIpc) is 3.12. The van der Waals surface area contributed by atoms with E-state index in [4.69, 9.17) is 11.6 Å². The Hall–Kier alpha value is -4.31. The van der Waals surface area contributed by atoms with Crippen molar-refractivity contribution < 1.29 is 37.0 Å². The van der Waals surface area contributed by atoms with Gasteiger partial charge in [0.25, 0.3) is 11.8 Å². The van der Waals surface area contributed by atoms with Crippen LogP contribution in [0.1, 0.15) is 23.5 Å². The minimum Gasteiger partial charge on any atom is -0.508 e. The maximum absolute atomic E-state index is 14.5. The lowest BCUT2D eigenvalue weighted by Crippen LogP contribution is -2.48. The number of anilines is 1. The maximum Gasteiger partial charge on any atom is 0.573 e. The number of phenols is 1. The lowest BCUT2D eigenvalue weighted by molar-refractivity contribution is -0.274. The largest absolute Gasteiger partial charge is 0.573 e. The van der Waals surface area contributed by atoms with Gasteiger partial charge in [-0.1, -0.05) is 42.5 Å². The molecule has 3 atom stereocenters. The summed E-state index contributed by atoms with van der Waals surface area (Å²) in [6, 6.07) is 14.2. The number of alkyl halides is 3. The Bertz CT molecular complexity index is 1520. The fourth-order valence-corrected chi connectivity index (χ4v) is 5.72. The molecule has 40 heavy (non-hydrogen) atoms. The van der Waals surface area contributed by atoms with E-state index in [1.807, 2.05) is 0 Å². The van der Waals surface area contributed by atoms with Crippen molar-refractivity contribution >= 4 is 29.1 Å². The first kappa shape index (κ1) is 27.3. The highest BCUT2D eigenvalue weighted by Gasteiger charge is 2.66. The van der Waals surface area contributed by atoms with Crippen molar-refractivity contribution in [2.75, 3.05) is 5.43 Å². The second-order valence-electron chi connectivity index (χ2n) is 9.37. The summed E-state index contributed by atoms with van der Waals surface area (Å²) in [6.45, 7) is 3.82. The molecular formula is C29H21ClF4N2O4. The third-order valence-corrected chi connectivity index (χ3v) is 7.44. The molecule has 1 fully saturated rings. The maximum atomic E-state index is 14.5. The molecule has 0 radical (unpaired) electrons. The predicted molar refractivity (Wildman–Crippen MR) is 139 cm³/mol. The number of benzene rings is 3. The van der Waals surface area contributed by atoms with Gasteiger partial charge in [0.05, 0.1) is 17.0 Å². The molecule has 1 aliphatic carbocycles. The van der Waals surface area contributed by atoms with Gasteiger partial charge in [-0.25, -0.2) is 4.39 Å². The van der Waals surface area contributed by atoms with Gasteiger partial charge < -0.3 is 9.84 Å². The molecule has 1 heterocycles. The van der Waals surface area contributed by atoms with Gasteiger partial charge >= 0.3 is 6.36 Å². The third kappa shape index (κ3) is 4.58. The number of hydrogen-bond donors (Lipinski definition) is 2. The van der Waals surface area contributed by atoms with Gasteiger partial charge in [0.2, 0.25) is 0 Å². The van der Waals surface area contributed by atoms with Crippen molar-refractivity contribution in [1.29, 1.82) is 0 Å². The van der Waals surface area contributed by atoms with E-state index in [1.165, 1.54) is 30.3 Å². The molecule has 5 rings (SSSR count). The van der Waals surface area contributed by atoms with Gasteiger partial charge in [-0.2, -0.15) is 5.01 Å². The highest BCUT2D eigenvalue weighted by molar-refractivity contribution is 6.30. The molecule has 0 bridgehead atoms. The fourth-order valence-electron chi connectivity index (χ4n) is 5.59. The molecule has 2 amide bonds. The number of hydrazine groups is 1. The number of nitrogens with one attached hydrogen (secondary N) is 1. The van der Waals surface area contributed by atoms with E-state index in [0.717, 1.165) is 35.3 Å². The minimum absolute atomic E-state index is 0.0719. The standard InChI is InChI=1S/C29H21ClF4N2O4/c1-2-16-3-13-23-26(38)36(35-20-10-8-19(31)9-11-20)27(39)28(23,17-4-6-18(30)7-5-17)25(16)22-15-21(12-14-24(22)37)40-29(32,33)34/h2-12,14-15,23,25,35,37H,1,13H2/t23-,25+,28+/m0/s1. The van der Waals surface area contributed by atoms with E-state index >= 15 is 0 Å². The quantitative estimate of drug-likeness (QED) is 0.256. The van der Waals surface area contributed by atoms with Crippen LogP contribution in [0.2, 0.25) is 5.02 Å². The number of aromatic hydroxyl groups is 1. The summed E-state index contributed by atoms with van der Waals surface area (Å²) < 4.78 is 56.9. The number of phenolic OH excluding ortho intramolecular Hbond substituents is 1. The van der Waals surface area contributed by atoms with Crippen LogP contribution in [0.15, 0.2) is 91.0 Å². The minimum atomic E-state index is -5.01. The zero-order valence-corrected chi connectivity index (χ0v) is 21.3. The Kier molecular flexibility index (Phi) is 6.83. The Labute approximate surface area is 231 Å². The molecule has 3 aromatic carbocycles. The number of rotatable bonds is 6. The molecule has 206 valence electrons. The molecule has 0 saturated carbocycles. The normalized spacial score (nSPS) is 22.5. The van der Waals surface area contributed by atoms with E-state index < -0.39 is 52.7 Å². The summed E-state index contributed by atoms with van der Waals surface area (Å²) in [7, 11) is 0. The number of carbonyl (C=O) groups is 2. The fraction of sp³-hybridized carbons (Fsp3) is 0.172. The molecule has 2 aliphatic rings. The third-order valence-electron chi connectivity index (χ3n) is 7.19. The first-order valence-electron chi connectivity index (χ1n) is 12.0. The van der Waals surface area contributed by atoms with Gasteiger partial charge in [-0.05, 0) is 72.2 Å². The molecule has 0 unspecified atom stereocenters. The van der Waals surface area contributed by atoms with Crippen molar-refractivity contribution in [1.82, 2.24) is 5.01 Å². The van der Waals surface area contributed by atoms with Gasteiger partial charge in [-0.3, -0.25) is 15.0 Å². The van der Waals surface area contributed by atoms with Crippen molar-refractivity contribution in [2.24, 2.45) is 5.92 Å². The van der Waals surface area contributed by atoms with Crippen molar-refractivity contribution in [3.05, 3.63) is 113 Å². The molecule has 1 saturated heterocycles. The summed E-state index contributed by atoms with van der Waals surface area (Å²) in [5.41, 5.74) is 1.96. The van der Waals surface area contributed by atoms with Crippen LogP contribution in [0.3, 0.4) is 0 Å². The van der Waals surface area contributed by atoms with Crippen LogP contribution in [0.5, 0.6) is 11.5 Å². The Balaban J connectivity index is 1.74. The highest BCUT2D eigenvalue weighted by atomic mass is 35.5. The molecule has 0 spiro atoms. The summed E-state index contributed by atoms with van der Waals surface area (Å²) in [6.07, 6.45) is -1.82. The van der Waals surface area contributed by atoms with Crippen LogP contribution in [0, 0.1) is 11.7 Å². The van der Waals surface area contributed by atoms with E-state index in [0.29, 0.717) is 16.2 Å². The zero-order chi connectivity index (χ0) is 28.8. The smallest absolute Gasteiger partial charge is 0.508 e. The number of imide groups is 1. The predicted octanol–water partition coefficient (Wildman–Crippen LogP) is 6.63. The van der Waals surface area contributed by atoms with Crippen LogP contribution >= 0.6 is 11.6 Å². The molecule has 1 aliphatic heterocycles. The molecule has 2 N–H and O–H groups in total. The topological polar surface area (TPSA) is 78.9 Å². The van der Waals surface area contributed by atoms with E-state index in [9.17, 15) is 32.3 Å². The lowest BCUT2D eigenvalue weighted by atomic mass is 9.56.